The summed E-state index contributed by atoms with van der Waals surface area (Å²) in [4.78, 5) is 2.52. The van der Waals surface area contributed by atoms with Gasteiger partial charge >= 0.3 is 0 Å². The first-order valence-corrected chi connectivity index (χ1v) is 18.1. The highest BCUT2D eigenvalue weighted by Crippen LogP contribution is 2.70. The van der Waals surface area contributed by atoms with Crippen molar-refractivity contribution in [1.29, 1.82) is 0 Å². The SMILES string of the molecule is CC1(C)c2ccccc2-c2ccc(N(c3ccc4c(c3)C35c6ccccc6-c6cccc(c63)-c3cccc-4c35)c3cccc4ccccc34)cc21. The maximum Gasteiger partial charge on any atom is 0.0738 e. The molecule has 0 heterocycles. The van der Waals surface area contributed by atoms with Gasteiger partial charge in [-0.05, 0) is 114 Å². The van der Waals surface area contributed by atoms with Gasteiger partial charge in [-0.3, -0.25) is 0 Å². The van der Waals surface area contributed by atoms with Gasteiger partial charge in [-0.15, -0.1) is 0 Å². The molecule has 0 aromatic heterocycles. The molecule has 1 unspecified atom stereocenters. The smallest absolute Gasteiger partial charge is 0.0738 e. The van der Waals surface area contributed by atoms with E-state index in [0.717, 1.165) is 0 Å². The van der Waals surface area contributed by atoms with Crippen LogP contribution in [-0.4, -0.2) is 0 Å². The quantitative estimate of drug-likeness (QED) is 0.184. The first-order valence-electron chi connectivity index (χ1n) is 18.1. The molecule has 0 saturated carbocycles. The van der Waals surface area contributed by atoms with Crippen LogP contribution in [0.2, 0.25) is 0 Å². The summed E-state index contributed by atoms with van der Waals surface area (Å²) in [6.07, 6.45) is 0. The van der Waals surface area contributed by atoms with Gasteiger partial charge in [-0.1, -0.05) is 147 Å². The van der Waals surface area contributed by atoms with Crippen molar-refractivity contribution >= 4 is 27.8 Å². The zero-order valence-electron chi connectivity index (χ0n) is 28.5. The van der Waals surface area contributed by atoms with Crippen molar-refractivity contribution in [1.82, 2.24) is 0 Å². The molecule has 1 spiro atoms. The van der Waals surface area contributed by atoms with Crippen LogP contribution in [0, 0.1) is 0 Å². The molecule has 238 valence electrons. The number of fused-ring (bicyclic) bond motifs is 9. The van der Waals surface area contributed by atoms with Gasteiger partial charge in [-0.2, -0.15) is 0 Å². The van der Waals surface area contributed by atoms with Gasteiger partial charge in [0.15, 0.2) is 0 Å². The predicted molar refractivity (Wildman–Crippen MR) is 211 cm³/mol. The molecule has 0 aliphatic heterocycles. The van der Waals surface area contributed by atoms with Crippen molar-refractivity contribution in [2.45, 2.75) is 24.7 Å². The number of hydrogen-bond acceptors (Lipinski definition) is 1. The highest BCUT2D eigenvalue weighted by Gasteiger charge is 2.57. The molecule has 4 aliphatic carbocycles. The first-order chi connectivity index (χ1) is 25.1. The molecule has 0 saturated heterocycles. The second-order valence-electron chi connectivity index (χ2n) is 15.2. The Morgan fingerprint density at radius 1 is 0.373 bits per heavy atom. The van der Waals surface area contributed by atoms with Crippen molar-refractivity contribution in [3.05, 3.63) is 197 Å². The van der Waals surface area contributed by atoms with Gasteiger partial charge in [-0.25, -0.2) is 0 Å². The minimum Gasteiger partial charge on any atom is -0.310 e. The van der Waals surface area contributed by atoms with E-state index in [1.165, 1.54) is 106 Å². The highest BCUT2D eigenvalue weighted by molar-refractivity contribution is 6.07. The van der Waals surface area contributed by atoms with Gasteiger partial charge in [0, 0.05) is 22.2 Å². The van der Waals surface area contributed by atoms with Crippen molar-refractivity contribution in [2.75, 3.05) is 4.90 Å². The zero-order chi connectivity index (χ0) is 33.6. The Balaban J connectivity index is 1.15. The Morgan fingerprint density at radius 3 is 1.55 bits per heavy atom. The number of anilines is 3. The Hall–Kier alpha value is -6.18. The van der Waals surface area contributed by atoms with Crippen LogP contribution in [0.15, 0.2) is 164 Å². The van der Waals surface area contributed by atoms with Crippen LogP contribution in [0.25, 0.3) is 55.3 Å². The summed E-state index contributed by atoms with van der Waals surface area (Å²) in [7, 11) is 0. The third-order valence-electron chi connectivity index (χ3n) is 12.6. The van der Waals surface area contributed by atoms with Crippen LogP contribution in [0.3, 0.4) is 0 Å². The summed E-state index contributed by atoms with van der Waals surface area (Å²) in [5.41, 5.74) is 22.5. The van der Waals surface area contributed by atoms with Crippen molar-refractivity contribution in [2.24, 2.45) is 0 Å². The summed E-state index contributed by atoms with van der Waals surface area (Å²) in [5.74, 6) is 0. The molecule has 0 radical (unpaired) electrons. The number of hydrogen-bond donors (Lipinski definition) is 0. The molecular weight excluding hydrogens is 615 g/mol. The van der Waals surface area contributed by atoms with E-state index >= 15 is 0 Å². The topological polar surface area (TPSA) is 3.24 Å². The van der Waals surface area contributed by atoms with E-state index in [1.807, 2.05) is 0 Å². The summed E-state index contributed by atoms with van der Waals surface area (Å²) < 4.78 is 0. The van der Waals surface area contributed by atoms with Gasteiger partial charge in [0.05, 0.1) is 11.1 Å². The standard InChI is InChI=1S/C50H33N/c1-49(2)42-21-7-5-15-34(42)36-26-24-31(28-44(36)49)51(46-23-9-13-30-12-3-4-14-33(30)46)32-25-27-37-39-18-11-20-41-40-19-10-17-38-35-16-6-8-22-43(35)50(47(38)40,48(39)41)45(37)29-32/h3-29H,1-2H3. The lowest BCUT2D eigenvalue weighted by Crippen LogP contribution is -2.23. The van der Waals surface area contributed by atoms with Crippen LogP contribution < -0.4 is 4.90 Å². The van der Waals surface area contributed by atoms with E-state index in [9.17, 15) is 0 Å². The largest absolute Gasteiger partial charge is 0.310 e. The van der Waals surface area contributed by atoms with Gasteiger partial charge in [0.1, 0.15) is 0 Å². The van der Waals surface area contributed by atoms with E-state index in [0.29, 0.717) is 0 Å². The molecule has 51 heavy (non-hydrogen) atoms. The predicted octanol–water partition coefficient (Wildman–Crippen LogP) is 12.9. The number of benzene rings is 8. The van der Waals surface area contributed by atoms with Gasteiger partial charge < -0.3 is 4.90 Å². The van der Waals surface area contributed by atoms with Crippen LogP contribution in [0.1, 0.15) is 47.2 Å². The second-order valence-corrected chi connectivity index (χ2v) is 15.2. The first kappa shape index (κ1) is 27.6. The van der Waals surface area contributed by atoms with Gasteiger partial charge in [0.2, 0.25) is 0 Å². The minimum absolute atomic E-state index is 0.0984. The summed E-state index contributed by atoms with van der Waals surface area (Å²) >= 11 is 0. The fraction of sp³-hybridized carbons (Fsp3) is 0.0800. The summed E-state index contributed by atoms with van der Waals surface area (Å²) in [6.45, 7) is 4.75. The lowest BCUT2D eigenvalue weighted by molar-refractivity contribution is 0.660. The van der Waals surface area contributed by atoms with E-state index in [1.54, 1.807) is 0 Å². The molecule has 0 fully saturated rings. The average molecular weight is 648 g/mol. The van der Waals surface area contributed by atoms with Crippen LogP contribution >= 0.6 is 0 Å². The normalized spacial score (nSPS) is 17.1. The lowest BCUT2D eigenvalue weighted by Gasteiger charge is -2.31. The van der Waals surface area contributed by atoms with E-state index in [2.05, 4.69) is 183 Å². The second kappa shape index (κ2) is 9.33. The van der Waals surface area contributed by atoms with Crippen molar-refractivity contribution in [3.8, 4) is 44.5 Å². The Morgan fingerprint density at radius 2 is 0.843 bits per heavy atom. The summed E-state index contributed by atoms with van der Waals surface area (Å²) in [6, 6.07) is 61.9. The monoisotopic (exact) mass is 647 g/mol. The van der Waals surface area contributed by atoms with Crippen molar-refractivity contribution in [3.63, 3.8) is 0 Å². The average Bonchev–Trinajstić information content (AvgIpc) is 3.84. The fourth-order valence-electron chi connectivity index (χ4n) is 10.5. The Kier molecular flexibility index (Phi) is 5.05. The van der Waals surface area contributed by atoms with E-state index in [4.69, 9.17) is 0 Å². The van der Waals surface area contributed by atoms with Crippen LogP contribution in [0.4, 0.5) is 17.1 Å². The Labute approximate surface area is 298 Å². The highest BCUT2D eigenvalue weighted by atomic mass is 15.1. The molecule has 8 aromatic carbocycles. The molecular formula is C50H33N. The lowest BCUT2D eigenvalue weighted by atomic mass is 9.73. The van der Waals surface area contributed by atoms with E-state index in [-0.39, 0.29) is 10.8 Å². The third kappa shape index (κ3) is 3.20. The molecule has 4 aliphatic rings. The van der Waals surface area contributed by atoms with Crippen molar-refractivity contribution < 1.29 is 0 Å². The minimum atomic E-state index is -0.328. The number of nitrogens with zero attached hydrogens (tertiary/aromatic N) is 1. The third-order valence-corrected chi connectivity index (χ3v) is 12.6. The zero-order valence-corrected chi connectivity index (χ0v) is 28.5. The molecule has 8 aromatic rings. The maximum atomic E-state index is 2.53. The number of rotatable bonds is 3. The molecule has 0 amide bonds. The maximum absolute atomic E-state index is 2.53. The van der Waals surface area contributed by atoms with E-state index < -0.39 is 0 Å². The molecule has 1 atom stereocenters. The van der Waals surface area contributed by atoms with Gasteiger partial charge in [0.25, 0.3) is 0 Å². The van der Waals surface area contributed by atoms with Crippen LogP contribution in [-0.2, 0) is 10.8 Å². The molecule has 12 rings (SSSR count). The Bertz CT molecular complexity index is 2810. The van der Waals surface area contributed by atoms with Crippen LogP contribution in [0.5, 0.6) is 0 Å². The molecule has 1 heteroatoms. The summed E-state index contributed by atoms with van der Waals surface area (Å²) in [5, 5.41) is 2.48. The molecule has 0 bridgehead atoms. The molecule has 1 nitrogen and oxygen atoms in total. The fourth-order valence-corrected chi connectivity index (χ4v) is 10.5. The molecule has 0 N–H and O–H groups in total.